The highest BCUT2D eigenvalue weighted by Crippen LogP contribution is 2.28. The lowest BCUT2D eigenvalue weighted by molar-refractivity contribution is 0.202. The van der Waals surface area contributed by atoms with Crippen LogP contribution in [0, 0.1) is 0 Å². The van der Waals surface area contributed by atoms with Gasteiger partial charge in [0.2, 0.25) is 0 Å². The molecule has 0 atom stereocenters. The summed E-state index contributed by atoms with van der Waals surface area (Å²) in [5, 5.41) is 0.605. The summed E-state index contributed by atoms with van der Waals surface area (Å²) in [4.78, 5) is 1.95. The van der Waals surface area contributed by atoms with Crippen molar-refractivity contribution in [3.63, 3.8) is 0 Å². The number of anilines is 1. The molecule has 0 fully saturated rings. The predicted molar refractivity (Wildman–Crippen MR) is 58.3 cm³/mol. The molecule has 0 aliphatic carbocycles. The zero-order valence-electron chi connectivity index (χ0n) is 8.58. The van der Waals surface area contributed by atoms with Crippen molar-refractivity contribution >= 4 is 17.3 Å². The lowest BCUT2D eigenvalue weighted by Crippen LogP contribution is -2.19. The van der Waals surface area contributed by atoms with Gasteiger partial charge in [0.25, 0.3) is 0 Å². The van der Waals surface area contributed by atoms with Crippen LogP contribution in [0.15, 0.2) is 18.2 Å². The molecule has 0 unspecified atom stereocenters. The van der Waals surface area contributed by atoms with Crippen LogP contribution in [-0.2, 0) is 4.74 Å². The largest absolute Gasteiger partial charge is 0.495 e. The van der Waals surface area contributed by atoms with Gasteiger partial charge in [-0.15, -0.1) is 0 Å². The monoisotopic (exact) mass is 215 g/mol. The van der Waals surface area contributed by atoms with E-state index in [1.165, 1.54) is 0 Å². The van der Waals surface area contributed by atoms with Crippen molar-refractivity contribution in [2.24, 2.45) is 0 Å². The summed E-state index contributed by atoms with van der Waals surface area (Å²) in [6.07, 6.45) is 0. The summed E-state index contributed by atoms with van der Waals surface area (Å²) < 4.78 is 10.1. The lowest BCUT2D eigenvalue weighted by atomic mass is 10.3. The molecule has 0 aromatic heterocycles. The number of halogens is 1. The summed E-state index contributed by atoms with van der Waals surface area (Å²) >= 11 is 5.98. The van der Waals surface area contributed by atoms with E-state index in [0.29, 0.717) is 17.5 Å². The van der Waals surface area contributed by atoms with Crippen molar-refractivity contribution in [2.45, 2.75) is 0 Å². The Labute approximate surface area is 89.2 Å². The average Bonchev–Trinajstić information content (AvgIpc) is 2.18. The molecule has 3 nitrogen and oxygen atoms in total. The summed E-state index contributed by atoms with van der Waals surface area (Å²) in [5.74, 6) is 0.682. The highest BCUT2D eigenvalue weighted by molar-refractivity contribution is 6.32. The summed E-state index contributed by atoms with van der Waals surface area (Å²) in [6, 6.07) is 5.62. The molecule has 1 rings (SSSR count). The molecule has 0 amide bonds. The molecule has 78 valence electrons. The van der Waals surface area contributed by atoms with Gasteiger partial charge in [0, 0.05) is 19.8 Å². The third-order valence-corrected chi connectivity index (χ3v) is 2.19. The van der Waals surface area contributed by atoms with Gasteiger partial charge >= 0.3 is 0 Å². The molecule has 0 heterocycles. The van der Waals surface area contributed by atoms with E-state index in [-0.39, 0.29) is 0 Å². The zero-order chi connectivity index (χ0) is 10.6. The fourth-order valence-electron chi connectivity index (χ4n) is 1.16. The topological polar surface area (TPSA) is 21.7 Å². The fourth-order valence-corrected chi connectivity index (χ4v) is 1.41. The maximum atomic E-state index is 5.98. The van der Waals surface area contributed by atoms with E-state index in [1.807, 2.05) is 30.1 Å². The second-order valence-corrected chi connectivity index (χ2v) is 3.34. The number of nitrogens with zero attached hydrogens (tertiary/aromatic N) is 1. The van der Waals surface area contributed by atoms with Crippen molar-refractivity contribution in [2.75, 3.05) is 32.9 Å². The number of rotatable bonds is 4. The Hall–Kier alpha value is -0.930. The predicted octanol–water partition coefficient (Wildman–Crippen LogP) is 2.39. The zero-order valence-corrected chi connectivity index (χ0v) is 9.34. The van der Waals surface area contributed by atoms with E-state index < -0.39 is 0 Å². The maximum Gasteiger partial charge on any atom is 0.137 e. The molecule has 0 aliphatic heterocycles. The van der Waals surface area contributed by atoms with Gasteiger partial charge in [-0.2, -0.15) is 0 Å². The van der Waals surface area contributed by atoms with Crippen LogP contribution >= 0.6 is 11.6 Å². The Kier molecular flexibility index (Phi) is 4.04. The number of methoxy groups -OCH3 is 2. The van der Waals surface area contributed by atoms with Crippen LogP contribution in [0.4, 0.5) is 5.69 Å². The van der Waals surface area contributed by atoms with Crippen LogP contribution in [0.1, 0.15) is 0 Å². The van der Waals surface area contributed by atoms with Crippen LogP contribution in [0.2, 0.25) is 5.02 Å². The van der Waals surface area contributed by atoms with Crippen molar-refractivity contribution in [1.82, 2.24) is 0 Å². The quantitative estimate of drug-likeness (QED) is 0.720. The molecule has 0 saturated carbocycles. The molecular formula is C10H14ClNO2. The smallest absolute Gasteiger partial charge is 0.137 e. The first-order chi connectivity index (χ1) is 6.69. The van der Waals surface area contributed by atoms with Crippen LogP contribution in [0.25, 0.3) is 0 Å². The Morgan fingerprint density at radius 2 is 2.07 bits per heavy atom. The Balaban J connectivity index is 2.85. The second kappa shape index (κ2) is 5.08. The highest BCUT2D eigenvalue weighted by atomic mass is 35.5. The van der Waals surface area contributed by atoms with E-state index >= 15 is 0 Å². The average molecular weight is 216 g/mol. The van der Waals surface area contributed by atoms with Gasteiger partial charge in [-0.25, -0.2) is 0 Å². The number of ether oxygens (including phenoxy) is 2. The van der Waals surface area contributed by atoms with E-state index in [0.717, 1.165) is 5.69 Å². The molecule has 0 N–H and O–H groups in total. The third kappa shape index (κ3) is 2.53. The van der Waals surface area contributed by atoms with E-state index in [2.05, 4.69) is 0 Å². The molecule has 0 spiro atoms. The molecule has 0 aliphatic rings. The van der Waals surface area contributed by atoms with Gasteiger partial charge in [0.1, 0.15) is 12.5 Å². The molecule has 4 heteroatoms. The first-order valence-corrected chi connectivity index (χ1v) is 4.60. The Morgan fingerprint density at radius 3 is 2.57 bits per heavy atom. The standard InChI is InChI=1S/C10H14ClNO2/c1-12(7-13-2)8-4-5-10(14-3)9(11)6-8/h4-6H,7H2,1-3H3. The van der Waals surface area contributed by atoms with Crippen molar-refractivity contribution in [3.05, 3.63) is 23.2 Å². The highest BCUT2D eigenvalue weighted by Gasteiger charge is 2.04. The molecule has 1 aromatic carbocycles. The van der Waals surface area contributed by atoms with Gasteiger partial charge in [-0.1, -0.05) is 11.6 Å². The minimum atomic E-state index is 0.530. The number of hydrogen-bond donors (Lipinski definition) is 0. The fraction of sp³-hybridized carbons (Fsp3) is 0.400. The van der Waals surface area contributed by atoms with Crippen LogP contribution in [-0.4, -0.2) is 28.0 Å². The van der Waals surface area contributed by atoms with Crippen LogP contribution in [0.3, 0.4) is 0 Å². The lowest BCUT2D eigenvalue weighted by Gasteiger charge is -2.18. The minimum Gasteiger partial charge on any atom is -0.495 e. The molecule has 0 bridgehead atoms. The molecular weight excluding hydrogens is 202 g/mol. The normalized spacial score (nSPS) is 10.0. The van der Waals surface area contributed by atoms with Gasteiger partial charge in [-0.3, -0.25) is 0 Å². The SMILES string of the molecule is COCN(C)c1ccc(OC)c(Cl)c1. The van der Waals surface area contributed by atoms with Gasteiger partial charge in [-0.05, 0) is 18.2 Å². The van der Waals surface area contributed by atoms with E-state index in [9.17, 15) is 0 Å². The second-order valence-electron chi connectivity index (χ2n) is 2.93. The van der Waals surface area contributed by atoms with E-state index in [1.54, 1.807) is 14.2 Å². The summed E-state index contributed by atoms with van der Waals surface area (Å²) in [6.45, 7) is 0.530. The van der Waals surface area contributed by atoms with Gasteiger partial charge in [0.15, 0.2) is 0 Å². The van der Waals surface area contributed by atoms with E-state index in [4.69, 9.17) is 21.1 Å². The number of benzene rings is 1. The summed E-state index contributed by atoms with van der Waals surface area (Å²) in [7, 11) is 5.18. The third-order valence-electron chi connectivity index (χ3n) is 1.90. The van der Waals surface area contributed by atoms with Crippen molar-refractivity contribution in [3.8, 4) is 5.75 Å². The van der Waals surface area contributed by atoms with Gasteiger partial charge < -0.3 is 14.4 Å². The first-order valence-electron chi connectivity index (χ1n) is 4.22. The van der Waals surface area contributed by atoms with Crippen molar-refractivity contribution in [1.29, 1.82) is 0 Å². The number of hydrogen-bond acceptors (Lipinski definition) is 3. The van der Waals surface area contributed by atoms with Crippen molar-refractivity contribution < 1.29 is 9.47 Å². The first kappa shape index (κ1) is 11.1. The van der Waals surface area contributed by atoms with Crippen LogP contribution < -0.4 is 9.64 Å². The van der Waals surface area contributed by atoms with Crippen LogP contribution in [0.5, 0.6) is 5.75 Å². The molecule has 1 aromatic rings. The molecule has 0 saturated heterocycles. The molecule has 14 heavy (non-hydrogen) atoms. The summed E-state index contributed by atoms with van der Waals surface area (Å²) in [5.41, 5.74) is 0.998. The maximum absolute atomic E-state index is 5.98. The minimum absolute atomic E-state index is 0.530. The van der Waals surface area contributed by atoms with Gasteiger partial charge in [0.05, 0.1) is 12.1 Å². The Morgan fingerprint density at radius 1 is 1.36 bits per heavy atom. The Bertz CT molecular complexity index is 304. The molecule has 0 radical (unpaired) electrons.